The molecule has 5 nitrogen and oxygen atoms in total. The standard InChI is InChI=1S/C13H19N5/c1-2-18-12-5-3-4-11(10(12)8-17-18)16-9-13-14-6-7-15-13/h6-8,11,16H,2-5,9H2,1H3,(H,14,15)/t11-/m0/s1. The third-order valence-electron chi connectivity index (χ3n) is 3.63. The predicted molar refractivity (Wildman–Crippen MR) is 69.0 cm³/mol. The second-order valence-corrected chi connectivity index (χ2v) is 4.72. The molecule has 0 aliphatic heterocycles. The monoisotopic (exact) mass is 245 g/mol. The van der Waals surface area contributed by atoms with Crippen LogP contribution < -0.4 is 5.32 Å². The van der Waals surface area contributed by atoms with E-state index in [9.17, 15) is 0 Å². The van der Waals surface area contributed by atoms with Crippen LogP contribution in [0.3, 0.4) is 0 Å². The molecule has 96 valence electrons. The number of rotatable bonds is 4. The summed E-state index contributed by atoms with van der Waals surface area (Å²) in [5.74, 6) is 0.991. The van der Waals surface area contributed by atoms with Crippen molar-refractivity contribution < 1.29 is 0 Å². The van der Waals surface area contributed by atoms with Crippen LogP contribution in [0.1, 0.15) is 42.9 Å². The van der Waals surface area contributed by atoms with Gasteiger partial charge in [-0.05, 0) is 26.2 Å². The molecule has 0 saturated carbocycles. The van der Waals surface area contributed by atoms with Gasteiger partial charge in [0.1, 0.15) is 5.82 Å². The number of aromatic amines is 1. The fraction of sp³-hybridized carbons (Fsp3) is 0.538. The lowest BCUT2D eigenvalue weighted by Gasteiger charge is -2.23. The Kier molecular flexibility index (Phi) is 3.15. The quantitative estimate of drug-likeness (QED) is 0.863. The molecule has 2 aromatic rings. The van der Waals surface area contributed by atoms with Crippen molar-refractivity contribution in [2.45, 2.75) is 45.3 Å². The molecule has 18 heavy (non-hydrogen) atoms. The molecule has 5 heteroatoms. The Morgan fingerprint density at radius 1 is 1.56 bits per heavy atom. The van der Waals surface area contributed by atoms with Gasteiger partial charge in [-0.25, -0.2) is 4.98 Å². The molecule has 0 unspecified atom stereocenters. The summed E-state index contributed by atoms with van der Waals surface area (Å²) in [4.78, 5) is 7.36. The van der Waals surface area contributed by atoms with Crippen LogP contribution in [0.15, 0.2) is 18.6 Å². The summed E-state index contributed by atoms with van der Waals surface area (Å²) in [7, 11) is 0. The molecule has 0 saturated heterocycles. The number of fused-ring (bicyclic) bond motifs is 1. The lowest BCUT2D eigenvalue weighted by molar-refractivity contribution is 0.443. The molecule has 2 aromatic heterocycles. The van der Waals surface area contributed by atoms with Gasteiger partial charge in [-0.3, -0.25) is 4.68 Å². The Morgan fingerprint density at radius 3 is 3.28 bits per heavy atom. The molecular formula is C13H19N5. The van der Waals surface area contributed by atoms with Crippen LogP contribution in [0.5, 0.6) is 0 Å². The van der Waals surface area contributed by atoms with Crippen LogP contribution in [-0.2, 0) is 19.5 Å². The summed E-state index contributed by atoms with van der Waals surface area (Å²) in [6.07, 6.45) is 9.24. The number of imidazole rings is 1. The third-order valence-corrected chi connectivity index (χ3v) is 3.63. The predicted octanol–water partition coefficient (Wildman–Crippen LogP) is 1.79. The summed E-state index contributed by atoms with van der Waals surface area (Å²) >= 11 is 0. The number of H-pyrrole nitrogens is 1. The van der Waals surface area contributed by atoms with E-state index in [2.05, 4.69) is 32.0 Å². The maximum absolute atomic E-state index is 4.46. The van der Waals surface area contributed by atoms with Crippen LogP contribution in [0.2, 0.25) is 0 Å². The van der Waals surface area contributed by atoms with Gasteiger partial charge in [-0.2, -0.15) is 5.10 Å². The normalized spacial score (nSPS) is 18.8. The largest absolute Gasteiger partial charge is 0.348 e. The number of hydrogen-bond donors (Lipinski definition) is 2. The van der Waals surface area contributed by atoms with E-state index in [0.29, 0.717) is 6.04 Å². The summed E-state index contributed by atoms with van der Waals surface area (Å²) in [5, 5.41) is 8.04. The number of nitrogens with zero attached hydrogens (tertiary/aromatic N) is 3. The van der Waals surface area contributed by atoms with E-state index in [1.165, 1.54) is 24.1 Å². The lowest BCUT2D eigenvalue weighted by atomic mass is 9.93. The molecule has 0 bridgehead atoms. The minimum atomic E-state index is 0.416. The Balaban J connectivity index is 1.73. The van der Waals surface area contributed by atoms with Gasteiger partial charge in [0.15, 0.2) is 0 Å². The minimum Gasteiger partial charge on any atom is -0.348 e. The molecular weight excluding hydrogens is 226 g/mol. The molecule has 3 rings (SSSR count). The fourth-order valence-corrected chi connectivity index (χ4v) is 2.72. The van der Waals surface area contributed by atoms with Crippen molar-refractivity contribution in [1.82, 2.24) is 25.1 Å². The zero-order valence-electron chi connectivity index (χ0n) is 10.7. The Labute approximate surface area is 107 Å². The van der Waals surface area contributed by atoms with E-state index in [1.54, 1.807) is 6.20 Å². The highest BCUT2D eigenvalue weighted by atomic mass is 15.3. The zero-order valence-corrected chi connectivity index (χ0v) is 10.7. The van der Waals surface area contributed by atoms with E-state index >= 15 is 0 Å². The summed E-state index contributed by atoms with van der Waals surface area (Å²) in [6.45, 7) is 3.89. The van der Waals surface area contributed by atoms with Gasteiger partial charge in [-0.15, -0.1) is 0 Å². The Bertz CT molecular complexity index is 499. The molecule has 1 aliphatic carbocycles. The van der Waals surface area contributed by atoms with Crippen molar-refractivity contribution in [3.05, 3.63) is 35.7 Å². The van der Waals surface area contributed by atoms with Gasteiger partial charge in [0.2, 0.25) is 0 Å². The minimum absolute atomic E-state index is 0.416. The first kappa shape index (κ1) is 11.5. The first-order chi connectivity index (χ1) is 8.88. The second-order valence-electron chi connectivity index (χ2n) is 4.72. The van der Waals surface area contributed by atoms with Gasteiger partial charge < -0.3 is 10.3 Å². The molecule has 0 fully saturated rings. The van der Waals surface area contributed by atoms with Crippen molar-refractivity contribution in [3.63, 3.8) is 0 Å². The number of hydrogen-bond acceptors (Lipinski definition) is 3. The highest BCUT2D eigenvalue weighted by Gasteiger charge is 2.23. The van der Waals surface area contributed by atoms with Crippen LogP contribution >= 0.6 is 0 Å². The van der Waals surface area contributed by atoms with Crippen molar-refractivity contribution in [1.29, 1.82) is 0 Å². The van der Waals surface area contributed by atoms with Crippen molar-refractivity contribution in [3.8, 4) is 0 Å². The van der Waals surface area contributed by atoms with Gasteiger partial charge in [0.05, 0.1) is 12.7 Å². The van der Waals surface area contributed by atoms with Gasteiger partial charge >= 0.3 is 0 Å². The first-order valence-corrected chi connectivity index (χ1v) is 6.64. The molecule has 0 radical (unpaired) electrons. The molecule has 0 amide bonds. The van der Waals surface area contributed by atoms with Crippen LogP contribution in [0, 0.1) is 0 Å². The smallest absolute Gasteiger partial charge is 0.120 e. The molecule has 1 atom stereocenters. The van der Waals surface area contributed by atoms with Gasteiger partial charge in [0, 0.05) is 36.2 Å². The van der Waals surface area contributed by atoms with Crippen LogP contribution in [0.25, 0.3) is 0 Å². The summed E-state index contributed by atoms with van der Waals surface area (Å²) < 4.78 is 2.12. The number of aromatic nitrogens is 4. The lowest BCUT2D eigenvalue weighted by Crippen LogP contribution is -2.25. The highest BCUT2D eigenvalue weighted by Crippen LogP contribution is 2.29. The molecule has 2 N–H and O–H groups in total. The van der Waals surface area contributed by atoms with Crippen molar-refractivity contribution >= 4 is 0 Å². The van der Waals surface area contributed by atoms with Crippen LogP contribution in [-0.4, -0.2) is 19.7 Å². The number of nitrogens with one attached hydrogen (secondary N) is 2. The van der Waals surface area contributed by atoms with E-state index in [4.69, 9.17) is 0 Å². The maximum atomic E-state index is 4.46. The van der Waals surface area contributed by atoms with E-state index < -0.39 is 0 Å². The average molecular weight is 245 g/mol. The van der Waals surface area contributed by atoms with Crippen molar-refractivity contribution in [2.75, 3.05) is 0 Å². The van der Waals surface area contributed by atoms with Gasteiger partial charge in [-0.1, -0.05) is 0 Å². The van der Waals surface area contributed by atoms with Gasteiger partial charge in [0.25, 0.3) is 0 Å². The molecule has 0 aromatic carbocycles. The zero-order chi connectivity index (χ0) is 12.4. The number of aryl methyl sites for hydroxylation is 1. The molecule has 2 heterocycles. The van der Waals surface area contributed by atoms with E-state index in [-0.39, 0.29) is 0 Å². The maximum Gasteiger partial charge on any atom is 0.120 e. The SMILES string of the molecule is CCn1ncc2c1CCC[C@@H]2NCc1ncc[nH]1. The summed E-state index contributed by atoms with van der Waals surface area (Å²) in [5.41, 5.74) is 2.77. The Morgan fingerprint density at radius 2 is 2.50 bits per heavy atom. The fourth-order valence-electron chi connectivity index (χ4n) is 2.72. The second kappa shape index (κ2) is 4.94. The first-order valence-electron chi connectivity index (χ1n) is 6.64. The summed E-state index contributed by atoms with van der Waals surface area (Å²) in [6, 6.07) is 0.416. The van der Waals surface area contributed by atoms with Crippen LogP contribution in [0.4, 0.5) is 0 Å². The van der Waals surface area contributed by atoms with E-state index in [0.717, 1.165) is 25.3 Å². The molecule has 1 aliphatic rings. The highest BCUT2D eigenvalue weighted by molar-refractivity contribution is 5.24. The topological polar surface area (TPSA) is 58.5 Å². The van der Waals surface area contributed by atoms with E-state index in [1.807, 2.05) is 12.4 Å². The Hall–Kier alpha value is -1.62. The third kappa shape index (κ3) is 2.06. The average Bonchev–Trinajstić information content (AvgIpc) is 3.05. The van der Waals surface area contributed by atoms with Crippen molar-refractivity contribution in [2.24, 2.45) is 0 Å². The molecule has 0 spiro atoms.